The second-order valence-electron chi connectivity index (χ2n) is 4.45. The number of rotatable bonds is 4. The van der Waals surface area contributed by atoms with Gasteiger partial charge in [0, 0.05) is 0 Å². The molecule has 1 heterocycles. The molecule has 3 atom stereocenters. The summed E-state index contributed by atoms with van der Waals surface area (Å²) in [5, 5.41) is 18.0. The number of ether oxygens (including phenoxy) is 2. The van der Waals surface area contributed by atoms with E-state index in [1.165, 1.54) is 12.8 Å². The number of unbranched alkanes of at least 4 members (excludes halogenated alkanes) is 1. The lowest BCUT2D eigenvalue weighted by Gasteiger charge is -2.19. The van der Waals surface area contributed by atoms with Crippen molar-refractivity contribution in [1.29, 1.82) is 0 Å². The van der Waals surface area contributed by atoms with E-state index in [1.807, 2.05) is 0 Å². The molecule has 0 amide bonds. The molecule has 1 saturated heterocycles. The SMILES string of the molecule is CC1(C)O[C@@H]([C@@H](O)CO)[C@H](C=O)O1.CCCC. The molecule has 0 aliphatic carbocycles. The van der Waals surface area contributed by atoms with E-state index >= 15 is 0 Å². The lowest BCUT2D eigenvalue weighted by molar-refractivity contribution is -0.158. The van der Waals surface area contributed by atoms with Gasteiger partial charge < -0.3 is 24.5 Å². The predicted octanol–water partition coefficient (Wildman–Crippen LogP) is 0.865. The molecule has 17 heavy (non-hydrogen) atoms. The standard InChI is InChI=1S/C8H14O5.C4H10/c1-8(2)12-6(4-10)7(13-8)5(11)3-9;1-3-4-2/h4-7,9,11H,3H2,1-2H3;3-4H2,1-2H3/t5-,6-,7-;/m0./s1. The van der Waals surface area contributed by atoms with E-state index in [0.717, 1.165) is 0 Å². The Labute approximate surface area is 103 Å². The number of carbonyl (C=O) groups is 1. The highest BCUT2D eigenvalue weighted by Gasteiger charge is 2.44. The number of carbonyl (C=O) groups excluding carboxylic acids is 1. The highest BCUT2D eigenvalue weighted by molar-refractivity contribution is 5.58. The molecule has 0 aromatic rings. The van der Waals surface area contributed by atoms with Gasteiger partial charge in [-0.15, -0.1) is 0 Å². The van der Waals surface area contributed by atoms with Gasteiger partial charge in [0.05, 0.1) is 6.61 Å². The summed E-state index contributed by atoms with van der Waals surface area (Å²) in [7, 11) is 0. The van der Waals surface area contributed by atoms with Gasteiger partial charge in [0.2, 0.25) is 0 Å². The maximum absolute atomic E-state index is 10.5. The van der Waals surface area contributed by atoms with Crippen LogP contribution < -0.4 is 0 Å². The topological polar surface area (TPSA) is 76.0 Å². The second kappa shape index (κ2) is 7.76. The van der Waals surface area contributed by atoms with Crippen LogP contribution in [0.2, 0.25) is 0 Å². The largest absolute Gasteiger partial charge is 0.394 e. The number of aldehydes is 1. The van der Waals surface area contributed by atoms with Gasteiger partial charge in [0.15, 0.2) is 12.1 Å². The molecule has 5 heteroatoms. The van der Waals surface area contributed by atoms with Crippen LogP contribution in [0.15, 0.2) is 0 Å². The average molecular weight is 248 g/mol. The first kappa shape index (κ1) is 16.5. The molecular formula is C12H24O5. The minimum Gasteiger partial charge on any atom is -0.394 e. The Balaban J connectivity index is 0.000000557. The van der Waals surface area contributed by atoms with Crippen LogP contribution in [0.3, 0.4) is 0 Å². The monoisotopic (exact) mass is 248 g/mol. The molecule has 0 bridgehead atoms. The smallest absolute Gasteiger partial charge is 0.164 e. The third-order valence-electron chi connectivity index (χ3n) is 2.36. The van der Waals surface area contributed by atoms with Crippen molar-refractivity contribution in [2.45, 2.75) is 64.6 Å². The van der Waals surface area contributed by atoms with Gasteiger partial charge in [-0.05, 0) is 13.8 Å². The molecule has 0 radical (unpaired) electrons. The highest BCUT2D eigenvalue weighted by Crippen LogP contribution is 2.28. The van der Waals surface area contributed by atoms with E-state index in [9.17, 15) is 9.90 Å². The molecule has 1 fully saturated rings. The summed E-state index contributed by atoms with van der Waals surface area (Å²) < 4.78 is 10.4. The first-order valence-electron chi connectivity index (χ1n) is 6.01. The van der Waals surface area contributed by atoms with Crippen LogP contribution in [0, 0.1) is 0 Å². The lowest BCUT2D eigenvalue weighted by Crippen LogP contribution is -2.38. The number of aliphatic hydroxyl groups is 2. The summed E-state index contributed by atoms with van der Waals surface area (Å²) in [5.41, 5.74) is 0. The summed E-state index contributed by atoms with van der Waals surface area (Å²) in [5.74, 6) is -0.883. The van der Waals surface area contributed by atoms with Gasteiger partial charge in [0.25, 0.3) is 0 Å². The van der Waals surface area contributed by atoms with Crippen molar-refractivity contribution in [3.05, 3.63) is 0 Å². The van der Waals surface area contributed by atoms with Crippen molar-refractivity contribution in [3.8, 4) is 0 Å². The molecule has 0 spiro atoms. The van der Waals surface area contributed by atoms with E-state index in [-0.39, 0.29) is 0 Å². The molecule has 0 unspecified atom stereocenters. The van der Waals surface area contributed by atoms with Crippen LogP contribution >= 0.6 is 0 Å². The van der Waals surface area contributed by atoms with Gasteiger partial charge in [-0.25, -0.2) is 0 Å². The molecule has 0 saturated carbocycles. The van der Waals surface area contributed by atoms with E-state index in [4.69, 9.17) is 14.6 Å². The normalized spacial score (nSPS) is 28.1. The molecule has 5 nitrogen and oxygen atoms in total. The highest BCUT2D eigenvalue weighted by atomic mass is 16.8. The third kappa shape index (κ3) is 5.59. The van der Waals surface area contributed by atoms with Gasteiger partial charge in [-0.3, -0.25) is 0 Å². The van der Waals surface area contributed by atoms with Gasteiger partial charge >= 0.3 is 0 Å². The Kier molecular flexibility index (Phi) is 7.54. The molecule has 1 rings (SSSR count). The number of aliphatic hydroxyl groups excluding tert-OH is 2. The summed E-state index contributed by atoms with van der Waals surface area (Å²) in [4.78, 5) is 10.5. The molecule has 1 aliphatic heterocycles. The molecule has 1 aliphatic rings. The Hall–Kier alpha value is -0.490. The maximum Gasteiger partial charge on any atom is 0.164 e. The summed E-state index contributed by atoms with van der Waals surface area (Å²) >= 11 is 0. The van der Waals surface area contributed by atoms with Crippen molar-refractivity contribution in [3.63, 3.8) is 0 Å². The quantitative estimate of drug-likeness (QED) is 0.722. The first-order chi connectivity index (χ1) is 7.91. The van der Waals surface area contributed by atoms with E-state index in [1.54, 1.807) is 13.8 Å². The van der Waals surface area contributed by atoms with Crippen molar-refractivity contribution < 1.29 is 24.5 Å². The fourth-order valence-electron chi connectivity index (χ4n) is 1.32. The number of hydrogen-bond donors (Lipinski definition) is 2. The van der Waals surface area contributed by atoms with Crippen LogP contribution in [0.4, 0.5) is 0 Å². The van der Waals surface area contributed by atoms with E-state index < -0.39 is 30.7 Å². The van der Waals surface area contributed by atoms with Gasteiger partial charge in [-0.2, -0.15) is 0 Å². The molecule has 0 aromatic carbocycles. The zero-order valence-electron chi connectivity index (χ0n) is 11.0. The Morgan fingerprint density at radius 1 is 1.29 bits per heavy atom. The fourth-order valence-corrected chi connectivity index (χ4v) is 1.32. The van der Waals surface area contributed by atoms with Crippen molar-refractivity contribution >= 4 is 6.29 Å². The van der Waals surface area contributed by atoms with Crippen LogP contribution in [-0.4, -0.2) is 47.2 Å². The van der Waals surface area contributed by atoms with Crippen LogP contribution in [0.1, 0.15) is 40.5 Å². The maximum atomic E-state index is 10.5. The summed E-state index contributed by atoms with van der Waals surface area (Å²) in [6, 6.07) is 0. The average Bonchev–Trinajstić information content (AvgIpc) is 2.64. The minimum absolute atomic E-state index is 0.450. The van der Waals surface area contributed by atoms with Crippen molar-refractivity contribution in [1.82, 2.24) is 0 Å². The van der Waals surface area contributed by atoms with Gasteiger partial charge in [0.1, 0.15) is 18.3 Å². The van der Waals surface area contributed by atoms with E-state index in [2.05, 4.69) is 13.8 Å². The predicted molar refractivity (Wildman–Crippen MR) is 63.6 cm³/mol. The van der Waals surface area contributed by atoms with Crippen molar-refractivity contribution in [2.75, 3.05) is 6.61 Å². The summed E-state index contributed by atoms with van der Waals surface area (Å²) in [6.07, 6.45) is 0.532. The van der Waals surface area contributed by atoms with Crippen LogP contribution in [0.25, 0.3) is 0 Å². The second-order valence-corrected chi connectivity index (χ2v) is 4.45. The lowest BCUT2D eigenvalue weighted by atomic mass is 10.1. The van der Waals surface area contributed by atoms with Crippen LogP contribution in [-0.2, 0) is 14.3 Å². The van der Waals surface area contributed by atoms with Gasteiger partial charge in [-0.1, -0.05) is 26.7 Å². The molecule has 2 N–H and O–H groups in total. The summed E-state index contributed by atoms with van der Waals surface area (Å²) in [6.45, 7) is 7.20. The molecular weight excluding hydrogens is 224 g/mol. The Bertz CT molecular complexity index is 215. The number of hydrogen-bond acceptors (Lipinski definition) is 5. The Morgan fingerprint density at radius 3 is 2.18 bits per heavy atom. The first-order valence-corrected chi connectivity index (χ1v) is 6.01. The minimum atomic E-state index is -1.09. The third-order valence-corrected chi connectivity index (χ3v) is 2.36. The van der Waals surface area contributed by atoms with Crippen molar-refractivity contribution in [2.24, 2.45) is 0 Å². The fraction of sp³-hybridized carbons (Fsp3) is 0.917. The van der Waals surface area contributed by atoms with Crippen LogP contribution in [0.5, 0.6) is 0 Å². The molecule has 0 aromatic heterocycles. The molecule has 102 valence electrons. The Morgan fingerprint density at radius 2 is 1.82 bits per heavy atom. The zero-order chi connectivity index (χ0) is 13.5. The zero-order valence-corrected chi connectivity index (χ0v) is 11.0. The van der Waals surface area contributed by atoms with E-state index in [0.29, 0.717) is 6.29 Å².